The van der Waals surface area contributed by atoms with Crippen molar-refractivity contribution >= 4 is 23.6 Å². The van der Waals surface area contributed by atoms with Gasteiger partial charge in [-0.25, -0.2) is 4.79 Å². The number of carbonyl (C=O) groups excluding carboxylic acids is 4. The summed E-state index contributed by atoms with van der Waals surface area (Å²) in [6.45, 7) is 18.2. The number of Topliss-reactive ketones (excluding diaryl/α,β-unsaturated/α-hetero) is 1. The fourth-order valence-corrected chi connectivity index (χ4v) is 11.1. The summed E-state index contributed by atoms with van der Waals surface area (Å²) in [6, 6.07) is -2.64. The Labute approximate surface area is 325 Å². The molecule has 2 saturated heterocycles. The zero-order valence-electron chi connectivity index (χ0n) is 34.6. The van der Waals surface area contributed by atoms with E-state index in [2.05, 4.69) is 48.5 Å². The molecular formula is C43H72N6O5. The number of piperidine rings is 1. The molecule has 54 heavy (non-hydrogen) atoms. The minimum absolute atomic E-state index is 0.0492. The minimum Gasteiger partial charge on any atom is -0.396 e. The van der Waals surface area contributed by atoms with Crippen LogP contribution in [0.3, 0.4) is 0 Å². The standard InChI is InChI=1S/C43H72N6O5/c1-8-27-23-34(38(51)45-32-22-29-16-17-30(29)35(44)36(32)50)49(24-31(27)43(9-2)18-13-19-43)39(52)37(41(3,4)5)47-40(53)46-33(28-14-11-10-12-15-28)25-48-20-21-54-42(6,7)26-48/h27-29,31-34,37H,8-26,44H2,1-7H3,(H,45,51)(H2,46,47,53)/t27?,29?,31?,32?,33?,34?,37-/m1/s1. The van der Waals surface area contributed by atoms with Gasteiger partial charge in [0.15, 0.2) is 0 Å². The Hall–Kier alpha value is -2.66. The number of carbonyl (C=O) groups is 4. The lowest BCUT2D eigenvalue weighted by Crippen LogP contribution is -2.66. The maximum Gasteiger partial charge on any atom is 0.315 e. The van der Waals surface area contributed by atoms with Gasteiger partial charge in [-0.3, -0.25) is 19.3 Å². The third-order valence-electron chi connectivity index (χ3n) is 14.7. The van der Waals surface area contributed by atoms with Gasteiger partial charge < -0.3 is 31.3 Å². The molecular weight excluding hydrogens is 681 g/mol. The van der Waals surface area contributed by atoms with E-state index in [1.165, 1.54) is 12.8 Å². The van der Waals surface area contributed by atoms with Gasteiger partial charge in [-0.2, -0.15) is 0 Å². The van der Waals surface area contributed by atoms with Crippen LogP contribution in [0.4, 0.5) is 4.79 Å². The van der Waals surface area contributed by atoms with Crippen molar-refractivity contribution in [3.8, 4) is 0 Å². The lowest BCUT2D eigenvalue weighted by atomic mass is 9.54. The van der Waals surface area contributed by atoms with E-state index in [1.807, 2.05) is 20.8 Å². The topological polar surface area (TPSA) is 146 Å². The van der Waals surface area contributed by atoms with Gasteiger partial charge in [0.25, 0.3) is 0 Å². The maximum atomic E-state index is 15.1. The zero-order chi connectivity index (χ0) is 39.0. The number of nitrogens with two attached hydrogens (primary N) is 1. The van der Waals surface area contributed by atoms with Crippen molar-refractivity contribution in [2.45, 2.75) is 168 Å². The van der Waals surface area contributed by atoms with Crippen LogP contribution in [0.1, 0.15) is 138 Å². The number of amides is 4. The van der Waals surface area contributed by atoms with Gasteiger partial charge in [-0.05, 0) is 105 Å². The van der Waals surface area contributed by atoms with Gasteiger partial charge in [0.1, 0.15) is 12.1 Å². The van der Waals surface area contributed by atoms with Crippen LogP contribution in [0.5, 0.6) is 0 Å². The van der Waals surface area contributed by atoms with Gasteiger partial charge in [-0.1, -0.05) is 73.1 Å². The molecule has 2 aliphatic heterocycles. The predicted molar refractivity (Wildman–Crippen MR) is 211 cm³/mol. The molecule has 4 amide bonds. The van der Waals surface area contributed by atoms with Crippen molar-refractivity contribution in [2.24, 2.45) is 40.2 Å². The predicted octanol–water partition coefficient (Wildman–Crippen LogP) is 5.66. The Bertz CT molecular complexity index is 1420. The Morgan fingerprint density at radius 2 is 1.72 bits per heavy atom. The first-order valence-corrected chi connectivity index (χ1v) is 21.6. The molecule has 5 N–H and O–H groups in total. The average Bonchev–Trinajstić information content (AvgIpc) is 3.09. The summed E-state index contributed by atoms with van der Waals surface area (Å²) in [7, 11) is 0. The average molecular weight is 753 g/mol. The number of ether oxygens (including phenoxy) is 1. The molecule has 3 saturated carbocycles. The van der Waals surface area contributed by atoms with E-state index in [1.54, 1.807) is 4.90 Å². The van der Waals surface area contributed by atoms with E-state index in [4.69, 9.17) is 10.5 Å². The van der Waals surface area contributed by atoms with Gasteiger partial charge in [0, 0.05) is 32.2 Å². The van der Waals surface area contributed by atoms with Crippen LogP contribution in [0, 0.1) is 34.5 Å². The van der Waals surface area contributed by atoms with Crippen molar-refractivity contribution in [3.63, 3.8) is 0 Å². The molecule has 0 aromatic heterocycles. The van der Waals surface area contributed by atoms with Crippen molar-refractivity contribution in [1.82, 2.24) is 25.8 Å². The number of hydrogen-bond acceptors (Lipinski definition) is 7. The van der Waals surface area contributed by atoms with E-state index in [0.29, 0.717) is 37.6 Å². The molecule has 11 heteroatoms. The number of nitrogens with one attached hydrogen (secondary N) is 3. The monoisotopic (exact) mass is 753 g/mol. The molecule has 0 spiro atoms. The molecule has 6 unspecified atom stereocenters. The first kappa shape index (κ1) is 41.0. The fourth-order valence-electron chi connectivity index (χ4n) is 11.1. The van der Waals surface area contributed by atoms with Crippen molar-refractivity contribution in [3.05, 3.63) is 11.3 Å². The van der Waals surface area contributed by atoms with E-state index >= 15 is 4.79 Å². The van der Waals surface area contributed by atoms with E-state index in [0.717, 1.165) is 89.4 Å². The molecule has 304 valence electrons. The van der Waals surface area contributed by atoms with Crippen LogP contribution in [0.2, 0.25) is 0 Å². The Kier molecular flexibility index (Phi) is 12.5. The number of urea groups is 1. The van der Waals surface area contributed by atoms with E-state index in [9.17, 15) is 14.4 Å². The van der Waals surface area contributed by atoms with Crippen molar-refractivity contribution in [2.75, 3.05) is 32.8 Å². The molecule has 0 aromatic carbocycles. The summed E-state index contributed by atoms with van der Waals surface area (Å²) in [5.74, 6) is 0.459. The SMILES string of the molecule is CCC1CC(C(=O)NC2CC3CCC3=C(N)C2=O)N(C(=O)[C@@H](NC(=O)NC(CN2CCOC(C)(C)C2)C2CCCCC2)C(C)(C)C)CC1C1(CC)CCC1. The summed E-state index contributed by atoms with van der Waals surface area (Å²) in [5, 5.41) is 9.64. The van der Waals surface area contributed by atoms with Crippen molar-refractivity contribution < 1.29 is 23.9 Å². The highest BCUT2D eigenvalue weighted by molar-refractivity contribution is 6.03. The van der Waals surface area contributed by atoms with Crippen LogP contribution < -0.4 is 21.7 Å². The molecule has 4 aliphatic carbocycles. The first-order chi connectivity index (χ1) is 25.6. The maximum absolute atomic E-state index is 15.1. The second kappa shape index (κ2) is 16.4. The molecule has 0 radical (unpaired) electrons. The molecule has 11 nitrogen and oxygen atoms in total. The van der Waals surface area contributed by atoms with Gasteiger partial charge in [0.05, 0.1) is 23.9 Å². The van der Waals surface area contributed by atoms with E-state index in [-0.39, 0.29) is 58.4 Å². The minimum atomic E-state index is -0.854. The normalized spacial score (nSPS) is 31.4. The third kappa shape index (κ3) is 8.67. The number of allylic oxidation sites excluding steroid dienone is 1. The highest BCUT2D eigenvalue weighted by Gasteiger charge is 2.53. The highest BCUT2D eigenvalue weighted by Crippen LogP contribution is 2.55. The number of likely N-dealkylation sites (tertiary alicyclic amines) is 1. The van der Waals surface area contributed by atoms with Gasteiger partial charge in [-0.15, -0.1) is 0 Å². The van der Waals surface area contributed by atoms with Gasteiger partial charge in [0.2, 0.25) is 17.6 Å². The number of hydrogen-bond donors (Lipinski definition) is 4. The smallest absolute Gasteiger partial charge is 0.315 e. The summed E-state index contributed by atoms with van der Waals surface area (Å²) in [4.78, 5) is 61.3. The number of morpholine rings is 1. The Morgan fingerprint density at radius 3 is 2.30 bits per heavy atom. The number of rotatable bonds is 11. The summed E-state index contributed by atoms with van der Waals surface area (Å²) in [6.07, 6.45) is 14.1. The second-order valence-electron chi connectivity index (χ2n) is 19.7. The number of nitrogens with zero attached hydrogens (tertiary/aromatic N) is 2. The van der Waals surface area contributed by atoms with Crippen LogP contribution in [0.15, 0.2) is 11.3 Å². The molecule has 6 aliphatic rings. The lowest BCUT2D eigenvalue weighted by Gasteiger charge is -2.56. The van der Waals surface area contributed by atoms with Crippen LogP contribution in [-0.2, 0) is 19.1 Å². The molecule has 2 heterocycles. The summed E-state index contributed by atoms with van der Waals surface area (Å²) >= 11 is 0. The Balaban J connectivity index is 1.23. The summed E-state index contributed by atoms with van der Waals surface area (Å²) in [5.41, 5.74) is 6.91. The first-order valence-electron chi connectivity index (χ1n) is 21.6. The molecule has 6 rings (SSSR count). The largest absolute Gasteiger partial charge is 0.396 e. The number of fused-ring (bicyclic) bond motifs is 1. The van der Waals surface area contributed by atoms with Crippen LogP contribution in [0.25, 0.3) is 0 Å². The fraction of sp³-hybridized carbons (Fsp3) is 0.860. The van der Waals surface area contributed by atoms with Crippen LogP contribution >= 0.6 is 0 Å². The lowest BCUT2D eigenvalue weighted by molar-refractivity contribution is -0.154. The van der Waals surface area contributed by atoms with Gasteiger partial charge >= 0.3 is 6.03 Å². The van der Waals surface area contributed by atoms with Crippen molar-refractivity contribution in [1.29, 1.82) is 0 Å². The number of ketones is 1. The Morgan fingerprint density at radius 1 is 1.00 bits per heavy atom. The molecule has 0 aromatic rings. The van der Waals surface area contributed by atoms with E-state index < -0.39 is 23.5 Å². The third-order valence-corrected chi connectivity index (χ3v) is 14.7. The van der Waals surface area contributed by atoms with Crippen LogP contribution in [-0.4, -0.2) is 96.0 Å². The molecule has 7 atom stereocenters. The zero-order valence-corrected chi connectivity index (χ0v) is 34.6. The summed E-state index contributed by atoms with van der Waals surface area (Å²) < 4.78 is 5.99. The second-order valence-corrected chi connectivity index (χ2v) is 19.7. The highest BCUT2D eigenvalue weighted by atomic mass is 16.5. The quantitative estimate of drug-likeness (QED) is 0.213. The molecule has 5 fully saturated rings. The molecule has 0 bridgehead atoms.